The topological polar surface area (TPSA) is 81.8 Å². The maximum atomic E-state index is 12.0. The third kappa shape index (κ3) is 6.75. The molecule has 0 bridgehead atoms. The van der Waals surface area contributed by atoms with Crippen molar-refractivity contribution in [3.8, 4) is 11.5 Å². The molecule has 3 aromatic carbocycles. The molecule has 1 unspecified atom stereocenters. The van der Waals surface area contributed by atoms with Crippen LogP contribution in [0.2, 0.25) is 0 Å². The van der Waals surface area contributed by atoms with Crippen LogP contribution in [0.5, 0.6) is 11.5 Å². The van der Waals surface area contributed by atoms with E-state index in [0.29, 0.717) is 24.5 Å². The molecular formula is C30H31NO5. The molecule has 6 nitrogen and oxygen atoms in total. The first-order valence-electron chi connectivity index (χ1n) is 12.1. The standard InChI is InChI=1S/C30H31NO5/c1-22-27(31-28(35-22)18-15-23-9-5-3-6-10-23)19-20-34-25-16-13-24(14-17-25)21-30(2,29(32)33)36-26-11-7-4-8-12-26/h3-14,16-17H,15,18-21H2,1-2H3,(H,32,33). The molecule has 0 saturated heterocycles. The fourth-order valence-corrected chi connectivity index (χ4v) is 3.99. The second-order valence-electron chi connectivity index (χ2n) is 8.97. The van der Waals surface area contributed by atoms with Crippen molar-refractivity contribution in [3.63, 3.8) is 0 Å². The number of para-hydroxylation sites is 1. The van der Waals surface area contributed by atoms with Crippen LogP contribution >= 0.6 is 0 Å². The largest absolute Gasteiger partial charge is 0.493 e. The minimum absolute atomic E-state index is 0.224. The van der Waals surface area contributed by atoms with Crippen molar-refractivity contribution in [2.24, 2.45) is 0 Å². The smallest absolute Gasteiger partial charge is 0.348 e. The number of rotatable bonds is 12. The summed E-state index contributed by atoms with van der Waals surface area (Å²) >= 11 is 0. The molecule has 1 aromatic heterocycles. The van der Waals surface area contributed by atoms with Gasteiger partial charge in [0.2, 0.25) is 5.60 Å². The zero-order chi connectivity index (χ0) is 25.4. The van der Waals surface area contributed by atoms with Crippen molar-refractivity contribution in [1.29, 1.82) is 0 Å². The van der Waals surface area contributed by atoms with Crippen LogP contribution in [0.4, 0.5) is 0 Å². The lowest BCUT2D eigenvalue weighted by atomic mass is 9.96. The molecule has 186 valence electrons. The predicted octanol–water partition coefficient (Wildman–Crippen LogP) is 5.85. The third-order valence-electron chi connectivity index (χ3n) is 6.02. The Labute approximate surface area is 211 Å². The van der Waals surface area contributed by atoms with Crippen LogP contribution in [0.25, 0.3) is 0 Å². The molecule has 0 aliphatic carbocycles. The van der Waals surface area contributed by atoms with E-state index in [4.69, 9.17) is 13.9 Å². The normalized spacial score (nSPS) is 12.6. The molecule has 1 heterocycles. The van der Waals surface area contributed by atoms with Crippen LogP contribution < -0.4 is 9.47 Å². The lowest BCUT2D eigenvalue weighted by molar-refractivity contribution is -0.153. The van der Waals surface area contributed by atoms with Gasteiger partial charge < -0.3 is 19.0 Å². The van der Waals surface area contributed by atoms with Crippen molar-refractivity contribution < 1.29 is 23.8 Å². The van der Waals surface area contributed by atoms with Gasteiger partial charge in [0.15, 0.2) is 5.89 Å². The maximum absolute atomic E-state index is 12.0. The van der Waals surface area contributed by atoms with E-state index in [1.807, 2.05) is 67.6 Å². The fraction of sp³-hybridized carbons (Fsp3) is 0.267. The molecule has 0 aliphatic heterocycles. The van der Waals surface area contributed by atoms with Crippen molar-refractivity contribution in [1.82, 2.24) is 4.98 Å². The minimum Gasteiger partial charge on any atom is -0.493 e. The second-order valence-corrected chi connectivity index (χ2v) is 8.97. The van der Waals surface area contributed by atoms with Crippen molar-refractivity contribution >= 4 is 5.97 Å². The first-order chi connectivity index (χ1) is 17.4. The highest BCUT2D eigenvalue weighted by atomic mass is 16.5. The third-order valence-corrected chi connectivity index (χ3v) is 6.02. The molecule has 0 saturated carbocycles. The van der Waals surface area contributed by atoms with E-state index in [1.165, 1.54) is 5.56 Å². The monoisotopic (exact) mass is 485 g/mol. The number of carbonyl (C=O) groups is 1. The van der Waals surface area contributed by atoms with Gasteiger partial charge in [0.05, 0.1) is 12.3 Å². The molecule has 6 heteroatoms. The molecule has 0 amide bonds. The number of carboxylic acid groups (broad SMARTS) is 1. The van der Waals surface area contributed by atoms with E-state index < -0.39 is 11.6 Å². The molecule has 36 heavy (non-hydrogen) atoms. The van der Waals surface area contributed by atoms with Gasteiger partial charge in [-0.2, -0.15) is 0 Å². The van der Waals surface area contributed by atoms with Gasteiger partial charge in [0.25, 0.3) is 0 Å². The average Bonchev–Trinajstić information content (AvgIpc) is 3.24. The van der Waals surface area contributed by atoms with Gasteiger partial charge in [-0.05, 0) is 55.7 Å². The Kier molecular flexibility index (Phi) is 8.06. The van der Waals surface area contributed by atoms with E-state index in [9.17, 15) is 9.90 Å². The first-order valence-corrected chi connectivity index (χ1v) is 12.1. The van der Waals surface area contributed by atoms with Crippen LogP contribution in [0.15, 0.2) is 89.3 Å². The van der Waals surface area contributed by atoms with Crippen molar-refractivity contribution in [3.05, 3.63) is 113 Å². The zero-order valence-corrected chi connectivity index (χ0v) is 20.6. The van der Waals surface area contributed by atoms with Crippen LogP contribution in [-0.2, 0) is 30.5 Å². The van der Waals surface area contributed by atoms with Gasteiger partial charge in [-0.3, -0.25) is 0 Å². The van der Waals surface area contributed by atoms with E-state index in [-0.39, 0.29) is 6.42 Å². The van der Waals surface area contributed by atoms with Gasteiger partial charge in [0, 0.05) is 19.3 Å². The Morgan fingerprint density at radius 1 is 0.861 bits per heavy atom. The number of hydrogen-bond donors (Lipinski definition) is 1. The zero-order valence-electron chi connectivity index (χ0n) is 20.6. The molecule has 4 aromatic rings. The molecule has 0 fully saturated rings. The molecule has 0 spiro atoms. The summed E-state index contributed by atoms with van der Waals surface area (Å²) in [6.45, 7) is 3.98. The predicted molar refractivity (Wildman–Crippen MR) is 138 cm³/mol. The molecule has 1 N–H and O–H groups in total. The van der Waals surface area contributed by atoms with Gasteiger partial charge in [-0.1, -0.05) is 60.7 Å². The molecule has 4 rings (SSSR count). The van der Waals surface area contributed by atoms with Gasteiger partial charge in [-0.25, -0.2) is 9.78 Å². The number of aromatic nitrogens is 1. The summed E-state index contributed by atoms with van der Waals surface area (Å²) < 4.78 is 17.6. The Hall–Kier alpha value is -4.06. The van der Waals surface area contributed by atoms with E-state index in [2.05, 4.69) is 17.1 Å². The number of nitrogens with zero attached hydrogens (tertiary/aromatic N) is 1. The number of carboxylic acids is 1. The summed E-state index contributed by atoms with van der Waals surface area (Å²) in [5, 5.41) is 9.79. The van der Waals surface area contributed by atoms with Gasteiger partial charge >= 0.3 is 5.97 Å². The molecule has 0 aliphatic rings. The molecular weight excluding hydrogens is 454 g/mol. The highest BCUT2D eigenvalue weighted by Crippen LogP contribution is 2.24. The minimum atomic E-state index is -1.38. The number of benzene rings is 3. The quantitative estimate of drug-likeness (QED) is 0.271. The number of oxazole rings is 1. The SMILES string of the molecule is Cc1oc(CCc2ccccc2)nc1CCOc1ccc(CC(C)(Oc2ccccc2)C(=O)O)cc1. The number of aryl methyl sites for hydroxylation is 3. The molecule has 0 radical (unpaired) electrons. The van der Waals surface area contributed by atoms with E-state index in [0.717, 1.165) is 35.7 Å². The van der Waals surface area contributed by atoms with Crippen LogP contribution in [0.3, 0.4) is 0 Å². The number of ether oxygens (including phenoxy) is 2. The average molecular weight is 486 g/mol. The van der Waals surface area contributed by atoms with Gasteiger partial charge in [-0.15, -0.1) is 0 Å². The lowest BCUT2D eigenvalue weighted by Gasteiger charge is -2.26. The fourth-order valence-electron chi connectivity index (χ4n) is 3.99. The highest BCUT2D eigenvalue weighted by molar-refractivity contribution is 5.78. The Balaban J connectivity index is 1.28. The van der Waals surface area contributed by atoms with Crippen LogP contribution in [0.1, 0.15) is 35.4 Å². The van der Waals surface area contributed by atoms with E-state index in [1.54, 1.807) is 19.1 Å². The molecule has 1 atom stereocenters. The van der Waals surface area contributed by atoms with E-state index >= 15 is 0 Å². The maximum Gasteiger partial charge on any atom is 0.348 e. The summed E-state index contributed by atoms with van der Waals surface area (Å²) in [5.74, 6) is 1.79. The van der Waals surface area contributed by atoms with Crippen molar-refractivity contribution in [2.45, 2.75) is 45.1 Å². The number of aliphatic carboxylic acids is 1. The van der Waals surface area contributed by atoms with Gasteiger partial charge in [0.1, 0.15) is 17.3 Å². The van der Waals surface area contributed by atoms with Crippen molar-refractivity contribution in [2.75, 3.05) is 6.61 Å². The number of hydrogen-bond acceptors (Lipinski definition) is 5. The summed E-state index contributed by atoms with van der Waals surface area (Å²) in [5.41, 5.74) is 1.63. The highest BCUT2D eigenvalue weighted by Gasteiger charge is 2.36. The Morgan fingerprint density at radius 3 is 2.19 bits per heavy atom. The first kappa shape index (κ1) is 25.0. The summed E-state index contributed by atoms with van der Waals surface area (Å²) in [6, 6.07) is 26.7. The summed E-state index contributed by atoms with van der Waals surface area (Å²) in [7, 11) is 0. The second kappa shape index (κ2) is 11.6. The van der Waals surface area contributed by atoms with Crippen LogP contribution in [0, 0.1) is 6.92 Å². The summed E-state index contributed by atoms with van der Waals surface area (Å²) in [6.07, 6.45) is 2.52. The summed E-state index contributed by atoms with van der Waals surface area (Å²) in [4.78, 5) is 16.6. The Bertz CT molecular complexity index is 1250. The Morgan fingerprint density at radius 2 is 1.53 bits per heavy atom. The lowest BCUT2D eigenvalue weighted by Crippen LogP contribution is -2.43. The van der Waals surface area contributed by atoms with Crippen LogP contribution in [-0.4, -0.2) is 28.3 Å².